The van der Waals surface area contributed by atoms with Gasteiger partial charge in [-0.05, 0) is 35.9 Å². The van der Waals surface area contributed by atoms with Crippen molar-refractivity contribution >= 4 is 40.4 Å². The molecule has 4 nitrogen and oxygen atoms in total. The molecule has 1 aromatic heterocycles. The predicted molar refractivity (Wildman–Crippen MR) is 106 cm³/mol. The van der Waals surface area contributed by atoms with E-state index in [1.165, 1.54) is 0 Å². The second-order valence-corrected chi connectivity index (χ2v) is 8.01. The molecule has 3 aromatic rings. The van der Waals surface area contributed by atoms with E-state index >= 15 is 0 Å². The van der Waals surface area contributed by atoms with Crippen LogP contribution >= 0.6 is 34.5 Å². The number of amides is 1. The zero-order chi connectivity index (χ0) is 23.7. The van der Waals surface area contributed by atoms with E-state index in [9.17, 15) is 31.1 Å². The summed E-state index contributed by atoms with van der Waals surface area (Å²) in [4.78, 5) is 14.8. The maximum absolute atomic E-state index is 13.4. The van der Waals surface area contributed by atoms with E-state index in [1.807, 2.05) is 0 Å². The monoisotopic (exact) mass is 514 g/mol. The third-order valence-corrected chi connectivity index (χ3v) is 5.40. The molecule has 0 radical (unpaired) electrons. The van der Waals surface area contributed by atoms with Gasteiger partial charge in [-0.25, -0.2) is 0 Å². The molecule has 0 aliphatic heterocycles. The highest BCUT2D eigenvalue weighted by molar-refractivity contribution is 7.15. The van der Waals surface area contributed by atoms with Crippen LogP contribution in [0.5, 0.6) is 10.9 Å². The van der Waals surface area contributed by atoms with Crippen LogP contribution in [0.3, 0.4) is 0 Å². The van der Waals surface area contributed by atoms with Crippen LogP contribution in [0.15, 0.2) is 42.5 Å². The number of halogens is 8. The molecule has 0 aliphatic carbocycles. The lowest BCUT2D eigenvalue weighted by Gasteiger charge is -2.10. The van der Waals surface area contributed by atoms with E-state index in [0.717, 1.165) is 6.07 Å². The van der Waals surface area contributed by atoms with Crippen molar-refractivity contribution in [1.29, 1.82) is 0 Å². The second kappa shape index (κ2) is 9.16. The maximum atomic E-state index is 13.4. The van der Waals surface area contributed by atoms with Crippen molar-refractivity contribution in [2.45, 2.75) is 18.9 Å². The number of carbonyl (C=O) groups is 1. The van der Waals surface area contributed by atoms with Gasteiger partial charge < -0.3 is 10.1 Å². The normalized spacial score (nSPS) is 12.0. The third kappa shape index (κ3) is 5.84. The zero-order valence-corrected chi connectivity index (χ0v) is 17.8. The highest BCUT2D eigenvalue weighted by Crippen LogP contribution is 2.41. The van der Waals surface area contributed by atoms with Gasteiger partial charge in [-0.1, -0.05) is 46.7 Å². The molecule has 0 saturated carbocycles. The lowest BCUT2D eigenvalue weighted by Crippen LogP contribution is -2.24. The smallest absolute Gasteiger partial charge is 0.429 e. The van der Waals surface area contributed by atoms with Crippen LogP contribution < -0.4 is 10.1 Å². The number of aromatic nitrogens is 1. The molecule has 0 atom stereocenters. The first-order chi connectivity index (χ1) is 14.8. The molecule has 170 valence electrons. The van der Waals surface area contributed by atoms with Gasteiger partial charge in [-0.15, -0.1) is 0 Å². The van der Waals surface area contributed by atoms with Gasteiger partial charge in [0.1, 0.15) is 10.6 Å². The first kappa shape index (κ1) is 24.1. The van der Waals surface area contributed by atoms with Gasteiger partial charge in [-0.3, -0.25) is 4.79 Å². The summed E-state index contributed by atoms with van der Waals surface area (Å²) in [6.45, 7) is -0.0964. The fourth-order valence-electron chi connectivity index (χ4n) is 2.41. The Morgan fingerprint density at radius 3 is 2.25 bits per heavy atom. The van der Waals surface area contributed by atoms with Crippen molar-refractivity contribution in [3.8, 4) is 10.9 Å². The van der Waals surface area contributed by atoms with Crippen molar-refractivity contribution < 1.29 is 35.9 Å². The van der Waals surface area contributed by atoms with Crippen LogP contribution in [0.1, 0.15) is 26.5 Å². The van der Waals surface area contributed by atoms with Crippen LogP contribution in [0.4, 0.5) is 26.3 Å². The number of thiazole rings is 1. The minimum atomic E-state index is -5.01. The molecular formula is C19H10Cl2F6N2O2S. The fraction of sp³-hybridized carbons (Fsp3) is 0.158. The number of rotatable bonds is 5. The largest absolute Gasteiger partial charge is 0.435 e. The molecule has 0 bridgehead atoms. The number of nitrogens with one attached hydrogen (secondary N) is 1. The van der Waals surface area contributed by atoms with Gasteiger partial charge in [0.2, 0.25) is 0 Å². The predicted octanol–water partition coefficient (Wildman–Crippen LogP) is 7.21. The molecule has 0 saturated heterocycles. The van der Waals surface area contributed by atoms with E-state index in [-0.39, 0.29) is 22.9 Å². The van der Waals surface area contributed by atoms with Crippen molar-refractivity contribution in [2.24, 2.45) is 0 Å². The summed E-state index contributed by atoms with van der Waals surface area (Å²) in [5, 5.41) is 1.78. The summed E-state index contributed by atoms with van der Waals surface area (Å²) in [5.41, 5.74) is -2.08. The molecule has 1 N–H and O–H groups in total. The summed E-state index contributed by atoms with van der Waals surface area (Å²) in [7, 11) is 0. The van der Waals surface area contributed by atoms with E-state index < -0.39 is 45.3 Å². The number of benzene rings is 2. The van der Waals surface area contributed by atoms with Crippen molar-refractivity contribution in [2.75, 3.05) is 0 Å². The highest BCUT2D eigenvalue weighted by atomic mass is 35.5. The molecule has 0 aliphatic rings. The van der Waals surface area contributed by atoms with Gasteiger partial charge in [0.05, 0.1) is 10.6 Å². The Morgan fingerprint density at radius 2 is 1.66 bits per heavy atom. The van der Waals surface area contributed by atoms with Crippen molar-refractivity contribution in [1.82, 2.24) is 10.3 Å². The molecule has 2 aromatic carbocycles. The van der Waals surface area contributed by atoms with Gasteiger partial charge in [0, 0.05) is 11.6 Å². The average molecular weight is 515 g/mol. The van der Waals surface area contributed by atoms with Crippen molar-refractivity contribution in [3.63, 3.8) is 0 Å². The SMILES string of the molecule is O=C(NCc1ccc(Cl)cc1)c1sc(Oc2cc(C(F)(F)F)ccc2Cl)nc1C(F)(F)F. The van der Waals surface area contributed by atoms with Crippen molar-refractivity contribution in [3.05, 3.63) is 74.2 Å². The topological polar surface area (TPSA) is 51.2 Å². The first-order valence-electron chi connectivity index (χ1n) is 8.50. The average Bonchev–Trinajstić information content (AvgIpc) is 3.13. The molecule has 0 unspecified atom stereocenters. The Labute approximate surface area is 190 Å². The first-order valence-corrected chi connectivity index (χ1v) is 10.1. The van der Waals surface area contributed by atoms with Crippen LogP contribution in [0.2, 0.25) is 10.0 Å². The maximum Gasteiger partial charge on any atom is 0.435 e. The van der Waals surface area contributed by atoms with E-state index in [0.29, 0.717) is 22.7 Å². The summed E-state index contributed by atoms with van der Waals surface area (Å²) in [5.74, 6) is -1.65. The third-order valence-electron chi connectivity index (χ3n) is 3.90. The van der Waals surface area contributed by atoms with E-state index in [1.54, 1.807) is 24.3 Å². The summed E-state index contributed by atoms with van der Waals surface area (Å²) in [6.07, 6.45) is -9.74. The van der Waals surface area contributed by atoms with E-state index in [4.69, 9.17) is 27.9 Å². The highest BCUT2D eigenvalue weighted by Gasteiger charge is 2.40. The van der Waals surface area contributed by atoms with Gasteiger partial charge in [0.15, 0.2) is 5.69 Å². The van der Waals surface area contributed by atoms with Gasteiger partial charge in [0.25, 0.3) is 11.1 Å². The van der Waals surface area contributed by atoms with E-state index in [2.05, 4.69) is 10.3 Å². The fourth-order valence-corrected chi connectivity index (χ4v) is 3.56. The number of ether oxygens (including phenoxy) is 1. The lowest BCUT2D eigenvalue weighted by molar-refractivity contribution is -0.141. The van der Waals surface area contributed by atoms with Crippen LogP contribution in [-0.2, 0) is 18.9 Å². The molecule has 0 fully saturated rings. The quantitative estimate of drug-likeness (QED) is 0.366. The Bertz CT molecular complexity index is 1130. The summed E-state index contributed by atoms with van der Waals surface area (Å²) < 4.78 is 83.9. The number of alkyl halides is 6. The molecule has 13 heteroatoms. The van der Waals surface area contributed by atoms with Gasteiger partial charge >= 0.3 is 12.4 Å². The Kier molecular flexibility index (Phi) is 6.91. The lowest BCUT2D eigenvalue weighted by atomic mass is 10.2. The second-order valence-electron chi connectivity index (χ2n) is 6.21. The molecule has 0 spiro atoms. The zero-order valence-electron chi connectivity index (χ0n) is 15.4. The molecule has 32 heavy (non-hydrogen) atoms. The summed E-state index contributed by atoms with van der Waals surface area (Å²) in [6, 6.07) is 8.33. The number of hydrogen-bond acceptors (Lipinski definition) is 4. The molecule has 1 heterocycles. The Balaban J connectivity index is 1.87. The molecular weight excluding hydrogens is 505 g/mol. The Hall–Kier alpha value is -2.50. The minimum Gasteiger partial charge on any atom is -0.429 e. The van der Waals surface area contributed by atoms with Crippen LogP contribution in [-0.4, -0.2) is 10.9 Å². The Morgan fingerprint density at radius 1 is 1.00 bits per heavy atom. The standard InChI is InChI=1S/C19H10Cl2F6N2O2S/c20-11-4-1-9(2-5-11)8-28-16(30)14-15(19(25,26)27)29-17(32-14)31-13-7-10(18(22,23)24)3-6-12(13)21/h1-7H,8H2,(H,28,30). The van der Waals surface area contributed by atoms with Gasteiger partial charge in [-0.2, -0.15) is 31.3 Å². The molecule has 3 rings (SSSR count). The van der Waals surface area contributed by atoms with Crippen LogP contribution in [0.25, 0.3) is 0 Å². The van der Waals surface area contributed by atoms with Crippen LogP contribution in [0, 0.1) is 0 Å². The summed E-state index contributed by atoms with van der Waals surface area (Å²) >= 11 is 11.8. The minimum absolute atomic E-state index is 0.0964. The number of nitrogens with zero attached hydrogens (tertiary/aromatic N) is 1. The number of hydrogen-bond donors (Lipinski definition) is 1. The number of carbonyl (C=O) groups excluding carboxylic acids is 1. The molecule has 1 amide bonds.